The van der Waals surface area contributed by atoms with Crippen molar-refractivity contribution >= 4 is 44.8 Å². The first-order valence-electron chi connectivity index (χ1n) is 17.6. The molecule has 3 atom stereocenters. The summed E-state index contributed by atoms with van der Waals surface area (Å²) in [4.78, 5) is 30.2. The summed E-state index contributed by atoms with van der Waals surface area (Å²) >= 11 is -3.27. The van der Waals surface area contributed by atoms with Gasteiger partial charge in [0.25, 0.3) is 0 Å². The number of hydrogen-bond acceptors (Lipinski definition) is 8. The molecule has 0 aromatic carbocycles. The van der Waals surface area contributed by atoms with E-state index in [2.05, 4.69) is 25.7 Å². The average molecular weight is 736 g/mol. The minimum absolute atomic E-state index is 0.0222. The Morgan fingerprint density at radius 3 is 2.44 bits per heavy atom. The second kappa shape index (κ2) is 15.4. The summed E-state index contributed by atoms with van der Waals surface area (Å²) in [6, 6.07) is 0.107. The fourth-order valence-corrected chi connectivity index (χ4v) is 23.9. The van der Waals surface area contributed by atoms with E-state index in [4.69, 9.17) is 19.7 Å². The average Bonchev–Trinajstić information content (AvgIpc) is 3.55. The molecular formula is C34H52F2N5O3Sn-. The Morgan fingerprint density at radius 1 is 1.07 bits per heavy atom. The van der Waals surface area contributed by atoms with Crippen LogP contribution in [-0.2, 0) is 4.79 Å². The van der Waals surface area contributed by atoms with Gasteiger partial charge in [-0.3, -0.25) is 0 Å². The molecule has 250 valence electrons. The van der Waals surface area contributed by atoms with Crippen LogP contribution in [0, 0.1) is 11.7 Å². The number of ether oxygens (including phenoxy) is 1. The molecule has 0 unspecified atom stereocenters. The standard InChI is InChI=1S/C22H26F2N5O3.3C4H9.Sn/c23-15-8-22(4-2-6-29(22)12-15)13-32-21-26-19-16(9-25-10-17(19)24)20(27-21)28-5-1-3-14(11-28)7-18(30)31;3*1-3-4-2;/h9,14-15H,1-8,11-13H2,(H,30,31);3*1,3-4H2,2H3;/p-1/t14-,15+,22-;;;;/m0..../s1. The molecule has 0 spiro atoms. The third-order valence-corrected chi connectivity index (χ3v) is 25.8. The zero-order chi connectivity index (χ0) is 32.0. The summed E-state index contributed by atoms with van der Waals surface area (Å²) in [6.07, 6.45) is 11.3. The van der Waals surface area contributed by atoms with Crippen LogP contribution < -0.4 is 18.5 Å². The first-order valence-corrected chi connectivity index (χ1v) is 25.1. The number of carboxylic acids is 1. The second-order valence-electron chi connectivity index (χ2n) is 14.0. The molecule has 3 fully saturated rings. The molecule has 0 radical (unpaired) electrons. The van der Waals surface area contributed by atoms with E-state index in [1.807, 2.05) is 4.90 Å². The normalized spacial score (nSPS) is 24.0. The van der Waals surface area contributed by atoms with Gasteiger partial charge in [-0.15, -0.1) is 0 Å². The van der Waals surface area contributed by atoms with Crippen molar-refractivity contribution < 1.29 is 23.4 Å². The number of unbranched alkanes of at least 4 members (excludes halogenated alkanes) is 3. The van der Waals surface area contributed by atoms with E-state index >= 15 is 4.39 Å². The van der Waals surface area contributed by atoms with Gasteiger partial charge < -0.3 is 0 Å². The number of piperidine rings is 1. The summed E-state index contributed by atoms with van der Waals surface area (Å²) in [5, 5.41) is 12.0. The van der Waals surface area contributed by atoms with Crippen molar-refractivity contribution in [2.75, 3.05) is 37.7 Å². The molecular weight excluding hydrogens is 683 g/mol. The second-order valence-corrected chi connectivity index (χ2v) is 26.9. The number of carboxylic acid groups (broad SMARTS) is 1. The van der Waals surface area contributed by atoms with E-state index in [0.29, 0.717) is 41.0 Å². The fraction of sp³-hybridized carbons (Fsp3) is 0.765. The zero-order valence-corrected chi connectivity index (χ0v) is 30.4. The summed E-state index contributed by atoms with van der Waals surface area (Å²) in [5.41, 5.74) is -0.125. The Morgan fingerprint density at radius 2 is 1.78 bits per heavy atom. The maximum atomic E-state index is 17.1. The molecule has 2 aromatic rings. The molecule has 2 aromatic heterocycles. The van der Waals surface area contributed by atoms with E-state index < -0.39 is 30.5 Å². The molecule has 0 saturated carbocycles. The number of anilines is 1. The molecule has 0 amide bonds. The number of aliphatic carboxylic acids is 1. The van der Waals surface area contributed by atoms with Gasteiger partial charge in [-0.2, -0.15) is 0 Å². The Hall–Kier alpha value is -1.82. The van der Waals surface area contributed by atoms with Gasteiger partial charge in [0.2, 0.25) is 0 Å². The molecule has 0 N–H and O–H groups in total. The first kappa shape index (κ1) is 34.5. The molecule has 5 rings (SSSR count). The van der Waals surface area contributed by atoms with Gasteiger partial charge in [0.1, 0.15) is 0 Å². The van der Waals surface area contributed by atoms with E-state index in [-0.39, 0.29) is 41.8 Å². The number of pyridine rings is 1. The topological polar surface area (TPSA) is 94.5 Å². The van der Waals surface area contributed by atoms with Gasteiger partial charge >= 0.3 is 273 Å². The van der Waals surface area contributed by atoms with Gasteiger partial charge in [-0.1, -0.05) is 0 Å². The van der Waals surface area contributed by atoms with Crippen LogP contribution in [0.3, 0.4) is 0 Å². The van der Waals surface area contributed by atoms with Gasteiger partial charge in [-0.25, -0.2) is 0 Å². The van der Waals surface area contributed by atoms with Gasteiger partial charge in [-0.05, 0) is 0 Å². The number of fused-ring (bicyclic) bond motifs is 2. The fourth-order valence-electron chi connectivity index (χ4n) is 8.28. The molecule has 8 nitrogen and oxygen atoms in total. The number of halogens is 2. The van der Waals surface area contributed by atoms with Crippen molar-refractivity contribution in [2.45, 2.75) is 123 Å². The molecule has 3 aliphatic heterocycles. The number of aromatic nitrogens is 3. The maximum absolute atomic E-state index is 17.1. The van der Waals surface area contributed by atoms with Crippen LogP contribution in [0.4, 0.5) is 14.6 Å². The molecule has 5 heterocycles. The Kier molecular flexibility index (Phi) is 11.8. The Labute approximate surface area is 271 Å². The summed E-state index contributed by atoms with van der Waals surface area (Å²) in [7, 11) is 0. The predicted octanol–water partition coefficient (Wildman–Crippen LogP) is 5.53. The Balaban J connectivity index is 1.58. The Bertz CT molecular complexity index is 1300. The van der Waals surface area contributed by atoms with Crippen molar-refractivity contribution in [2.24, 2.45) is 5.92 Å². The molecule has 3 saturated heterocycles. The number of hydrogen-bond donors (Lipinski definition) is 0. The van der Waals surface area contributed by atoms with Gasteiger partial charge in [0.05, 0.1) is 0 Å². The van der Waals surface area contributed by atoms with E-state index in [1.165, 1.54) is 0 Å². The molecule has 45 heavy (non-hydrogen) atoms. The van der Waals surface area contributed by atoms with Crippen molar-refractivity contribution in [1.82, 2.24) is 19.9 Å². The van der Waals surface area contributed by atoms with E-state index in [9.17, 15) is 14.3 Å². The van der Waals surface area contributed by atoms with Gasteiger partial charge in [0.15, 0.2) is 0 Å². The summed E-state index contributed by atoms with van der Waals surface area (Å²) in [6.45, 7) is 9.31. The van der Waals surface area contributed by atoms with E-state index in [1.54, 1.807) is 6.20 Å². The van der Waals surface area contributed by atoms with Crippen molar-refractivity contribution in [3.8, 4) is 6.01 Å². The summed E-state index contributed by atoms with van der Waals surface area (Å²) in [5.74, 6) is -0.909. The van der Waals surface area contributed by atoms with Gasteiger partial charge in [0, 0.05) is 0 Å². The van der Waals surface area contributed by atoms with Crippen LogP contribution in [0.15, 0.2) is 6.20 Å². The number of nitrogens with zero attached hydrogens (tertiary/aromatic N) is 5. The molecule has 0 bridgehead atoms. The number of alkyl halides is 1. The predicted molar refractivity (Wildman–Crippen MR) is 175 cm³/mol. The number of carbonyl (C=O) groups is 1. The first-order chi connectivity index (χ1) is 21.7. The quantitative estimate of drug-likeness (QED) is 0.208. The molecule has 0 aliphatic carbocycles. The third kappa shape index (κ3) is 7.68. The van der Waals surface area contributed by atoms with Crippen LogP contribution in [0.2, 0.25) is 13.3 Å². The minimum atomic E-state index is -3.27. The third-order valence-electron chi connectivity index (χ3n) is 10.7. The van der Waals surface area contributed by atoms with Crippen LogP contribution in [0.5, 0.6) is 6.01 Å². The van der Waals surface area contributed by atoms with Crippen LogP contribution in [0.1, 0.15) is 97.8 Å². The van der Waals surface area contributed by atoms with Crippen LogP contribution in [0.25, 0.3) is 10.9 Å². The van der Waals surface area contributed by atoms with Crippen LogP contribution in [-0.4, -0.2) is 88.7 Å². The summed E-state index contributed by atoms with van der Waals surface area (Å²) < 4.78 is 41.9. The van der Waals surface area contributed by atoms with Crippen molar-refractivity contribution in [1.29, 1.82) is 0 Å². The monoisotopic (exact) mass is 736 g/mol. The van der Waals surface area contributed by atoms with Crippen molar-refractivity contribution in [3.63, 3.8) is 0 Å². The molecule has 11 heteroatoms. The number of rotatable bonds is 16. The van der Waals surface area contributed by atoms with E-state index in [0.717, 1.165) is 84.1 Å². The SMILES string of the molecule is CCC[CH2][Sn]([CH2]CCC)([CH2]CCC)[c]1ncc2c(N3CCC[C@@H](CC(=O)[O-])C3)nc(OC[C@@]34CCCN3C[C@H](F)C4)nc2c1F. The van der Waals surface area contributed by atoms with Crippen molar-refractivity contribution in [3.05, 3.63) is 12.0 Å². The molecule has 3 aliphatic rings. The zero-order valence-electron chi connectivity index (χ0n) is 27.6. The number of carbonyl (C=O) groups excluding carboxylic acids is 1. The van der Waals surface area contributed by atoms with Crippen LogP contribution >= 0.6 is 0 Å².